The van der Waals surface area contributed by atoms with Crippen LogP contribution in [0.4, 0.5) is 11.5 Å². The van der Waals surface area contributed by atoms with Gasteiger partial charge < -0.3 is 15.8 Å². The average Bonchev–Trinajstić information content (AvgIpc) is 2.38. The third kappa shape index (κ3) is 3.00. The summed E-state index contributed by atoms with van der Waals surface area (Å²) in [6.45, 7) is 7.00. The minimum atomic E-state index is -3.99. The van der Waals surface area contributed by atoms with Gasteiger partial charge in [0.25, 0.3) is 0 Å². The smallest absolute Gasteiger partial charge is 0.388 e. The molecular weight excluding hydrogens is 284 g/mol. The third-order valence-electron chi connectivity index (χ3n) is 2.39. The van der Waals surface area contributed by atoms with Gasteiger partial charge in [0.05, 0.1) is 0 Å². The maximum Gasteiger partial charge on any atom is 0.388 e. The number of rotatable bonds is 7. The first-order chi connectivity index (χ1) is 9.36. The lowest BCUT2D eigenvalue weighted by molar-refractivity contribution is -0.388. The zero-order chi connectivity index (χ0) is 15.3. The van der Waals surface area contributed by atoms with Crippen molar-refractivity contribution in [2.75, 3.05) is 18.8 Å². The van der Waals surface area contributed by atoms with Crippen LogP contribution in [0.1, 0.15) is 0 Å². The molecule has 0 saturated carbocycles. The van der Waals surface area contributed by atoms with E-state index in [1.807, 2.05) is 0 Å². The molecule has 0 spiro atoms. The van der Waals surface area contributed by atoms with Crippen molar-refractivity contribution in [3.8, 4) is 0 Å². The molecule has 0 saturated heterocycles. The van der Waals surface area contributed by atoms with Crippen molar-refractivity contribution in [1.29, 1.82) is 0 Å². The summed E-state index contributed by atoms with van der Waals surface area (Å²) in [6, 6.07) is 1.12. The minimum absolute atomic E-state index is 0.0317. The molecule has 108 valence electrons. The van der Waals surface area contributed by atoms with Crippen LogP contribution in [-0.4, -0.2) is 35.7 Å². The van der Waals surface area contributed by atoms with Crippen LogP contribution in [0.25, 0.3) is 0 Å². The molecule has 0 amide bonds. The molecule has 9 heteroatoms. The Balaban J connectivity index is 3.41. The molecule has 1 rings (SSSR count). The molecule has 0 aliphatic carbocycles. The van der Waals surface area contributed by atoms with E-state index in [1.165, 1.54) is 12.2 Å². The van der Waals surface area contributed by atoms with Gasteiger partial charge in [-0.3, -0.25) is 0 Å². The second kappa shape index (κ2) is 6.26. The summed E-state index contributed by atoms with van der Waals surface area (Å²) < 4.78 is 25.9. The Labute approximate surface area is 116 Å². The SMILES string of the molecule is C=CCN(CC=C)S(=O)(=O)c1ccnc([N+](=O)[O-])c1N. The van der Waals surface area contributed by atoms with E-state index in [0.29, 0.717) is 0 Å². The van der Waals surface area contributed by atoms with Gasteiger partial charge in [-0.15, -0.1) is 13.2 Å². The number of aromatic nitrogens is 1. The molecule has 0 fully saturated rings. The fourth-order valence-electron chi connectivity index (χ4n) is 1.51. The summed E-state index contributed by atoms with van der Waals surface area (Å²) >= 11 is 0. The van der Waals surface area contributed by atoms with Crippen LogP contribution in [0.5, 0.6) is 0 Å². The van der Waals surface area contributed by atoms with Gasteiger partial charge in [-0.1, -0.05) is 12.2 Å². The minimum Gasteiger partial charge on any atom is -0.391 e. The number of hydrogen-bond acceptors (Lipinski definition) is 6. The summed E-state index contributed by atoms with van der Waals surface area (Å²) in [5.41, 5.74) is 5.05. The zero-order valence-electron chi connectivity index (χ0n) is 10.6. The Morgan fingerprint density at radius 1 is 1.40 bits per heavy atom. The number of nitrogens with zero attached hydrogens (tertiary/aromatic N) is 3. The highest BCUT2D eigenvalue weighted by Gasteiger charge is 2.29. The third-order valence-corrected chi connectivity index (χ3v) is 4.28. The Morgan fingerprint density at radius 3 is 2.40 bits per heavy atom. The van der Waals surface area contributed by atoms with E-state index in [2.05, 4.69) is 18.1 Å². The molecule has 1 aromatic rings. The van der Waals surface area contributed by atoms with E-state index in [-0.39, 0.29) is 18.0 Å². The van der Waals surface area contributed by atoms with Gasteiger partial charge in [-0.25, -0.2) is 8.42 Å². The molecule has 0 bridgehead atoms. The quantitative estimate of drug-likeness (QED) is 0.454. The molecule has 0 atom stereocenters. The standard InChI is InChI=1S/C11H14N4O4S/c1-3-7-14(8-4-2)20(18,19)9-5-6-13-11(10(9)12)15(16)17/h3-6H,1-2,7-8,12H2. The van der Waals surface area contributed by atoms with E-state index >= 15 is 0 Å². The van der Waals surface area contributed by atoms with Gasteiger partial charge in [0, 0.05) is 19.2 Å². The molecule has 2 N–H and O–H groups in total. The normalized spacial score (nSPS) is 11.2. The molecule has 0 unspecified atom stereocenters. The van der Waals surface area contributed by atoms with Crippen molar-refractivity contribution in [3.63, 3.8) is 0 Å². The lowest BCUT2D eigenvalue weighted by Crippen LogP contribution is -2.32. The average molecular weight is 298 g/mol. The first-order valence-corrected chi connectivity index (χ1v) is 6.91. The van der Waals surface area contributed by atoms with Crippen LogP contribution in [-0.2, 0) is 10.0 Å². The van der Waals surface area contributed by atoms with E-state index < -0.39 is 26.5 Å². The molecule has 20 heavy (non-hydrogen) atoms. The molecule has 0 aliphatic rings. The Kier molecular flexibility index (Phi) is 4.94. The van der Waals surface area contributed by atoms with Crippen molar-refractivity contribution >= 4 is 21.5 Å². The summed E-state index contributed by atoms with van der Waals surface area (Å²) in [5, 5.41) is 10.7. The van der Waals surface area contributed by atoms with Crippen LogP contribution in [0, 0.1) is 10.1 Å². The number of sulfonamides is 1. The fraction of sp³-hybridized carbons (Fsp3) is 0.182. The van der Waals surface area contributed by atoms with Crippen LogP contribution < -0.4 is 5.73 Å². The van der Waals surface area contributed by atoms with E-state index in [9.17, 15) is 18.5 Å². The first-order valence-electron chi connectivity index (χ1n) is 5.47. The van der Waals surface area contributed by atoms with Crippen LogP contribution in [0.2, 0.25) is 0 Å². The number of anilines is 1. The van der Waals surface area contributed by atoms with Crippen LogP contribution in [0.3, 0.4) is 0 Å². The Morgan fingerprint density at radius 2 is 1.95 bits per heavy atom. The molecule has 0 aromatic carbocycles. The molecule has 1 aromatic heterocycles. The van der Waals surface area contributed by atoms with Crippen LogP contribution >= 0.6 is 0 Å². The summed E-state index contributed by atoms with van der Waals surface area (Å²) in [5.74, 6) is -0.691. The topological polar surface area (TPSA) is 119 Å². The van der Waals surface area contributed by atoms with Crippen molar-refractivity contribution in [2.45, 2.75) is 4.90 Å². The maximum atomic E-state index is 12.4. The summed E-state index contributed by atoms with van der Waals surface area (Å²) in [6.07, 6.45) is 3.82. The number of nitrogen functional groups attached to an aromatic ring is 1. The molecule has 1 heterocycles. The zero-order valence-corrected chi connectivity index (χ0v) is 11.4. The number of nitrogens with two attached hydrogens (primary N) is 1. The van der Waals surface area contributed by atoms with Crippen molar-refractivity contribution in [3.05, 3.63) is 47.7 Å². The van der Waals surface area contributed by atoms with Gasteiger partial charge in [0.2, 0.25) is 10.0 Å². The van der Waals surface area contributed by atoms with Gasteiger partial charge in [0.15, 0.2) is 5.69 Å². The Bertz CT molecular complexity index is 632. The van der Waals surface area contributed by atoms with Gasteiger partial charge in [-0.2, -0.15) is 4.31 Å². The van der Waals surface area contributed by atoms with E-state index in [1.54, 1.807) is 0 Å². The number of hydrogen-bond donors (Lipinski definition) is 1. The monoisotopic (exact) mass is 298 g/mol. The highest BCUT2D eigenvalue weighted by molar-refractivity contribution is 7.89. The number of nitro groups is 1. The maximum absolute atomic E-state index is 12.4. The summed E-state index contributed by atoms with van der Waals surface area (Å²) in [7, 11) is -3.99. The van der Waals surface area contributed by atoms with Gasteiger partial charge in [-0.05, 0) is 9.91 Å². The van der Waals surface area contributed by atoms with Crippen molar-refractivity contribution in [1.82, 2.24) is 9.29 Å². The molecular formula is C11H14N4O4S. The predicted octanol–water partition coefficient (Wildman–Crippen LogP) is 0.935. The van der Waals surface area contributed by atoms with Crippen LogP contribution in [0.15, 0.2) is 42.5 Å². The highest BCUT2D eigenvalue weighted by atomic mass is 32.2. The largest absolute Gasteiger partial charge is 0.391 e. The summed E-state index contributed by atoms with van der Waals surface area (Å²) in [4.78, 5) is 13.0. The first kappa shape index (κ1) is 15.8. The number of pyridine rings is 1. The molecule has 0 aliphatic heterocycles. The van der Waals surface area contributed by atoms with Gasteiger partial charge in [0.1, 0.15) is 11.1 Å². The molecule has 0 radical (unpaired) electrons. The second-order valence-electron chi connectivity index (χ2n) is 3.70. The molecule has 8 nitrogen and oxygen atoms in total. The lowest BCUT2D eigenvalue weighted by atomic mass is 10.4. The van der Waals surface area contributed by atoms with Crippen molar-refractivity contribution in [2.24, 2.45) is 0 Å². The Hall–Kier alpha value is -2.26. The van der Waals surface area contributed by atoms with E-state index in [0.717, 1.165) is 16.6 Å². The van der Waals surface area contributed by atoms with Crippen molar-refractivity contribution < 1.29 is 13.3 Å². The second-order valence-corrected chi connectivity index (χ2v) is 5.61. The predicted molar refractivity (Wildman–Crippen MR) is 74.5 cm³/mol. The lowest BCUT2D eigenvalue weighted by Gasteiger charge is -2.19. The van der Waals surface area contributed by atoms with E-state index in [4.69, 9.17) is 5.73 Å². The van der Waals surface area contributed by atoms with Gasteiger partial charge >= 0.3 is 5.82 Å². The highest BCUT2D eigenvalue weighted by Crippen LogP contribution is 2.28. The fourth-order valence-corrected chi connectivity index (χ4v) is 3.00.